The largest absolute Gasteiger partial charge is 0.508 e. The van der Waals surface area contributed by atoms with Crippen molar-refractivity contribution in [1.82, 2.24) is 0 Å². The van der Waals surface area contributed by atoms with Gasteiger partial charge in [0.05, 0.1) is 5.56 Å². The predicted octanol–water partition coefficient (Wildman–Crippen LogP) is 2.66. The quantitative estimate of drug-likeness (QED) is 0.529. The van der Waals surface area contributed by atoms with E-state index in [-0.39, 0.29) is 23.3 Å². The lowest BCUT2D eigenvalue weighted by atomic mass is 9.95. The number of aldehydes is 1. The van der Waals surface area contributed by atoms with E-state index in [1.54, 1.807) is 0 Å². The third kappa shape index (κ3) is 2.96. The van der Waals surface area contributed by atoms with Crippen LogP contribution in [0.4, 0.5) is 13.2 Å². The third-order valence-electron chi connectivity index (χ3n) is 2.84. The lowest BCUT2D eigenvalue weighted by Crippen LogP contribution is -2.07. The number of hydrogen-bond acceptors (Lipinski definition) is 4. The molecular formula is C14H9F3O4. The summed E-state index contributed by atoms with van der Waals surface area (Å²) in [6.45, 7) is -0.372. The number of aliphatic hydroxyl groups is 1. The van der Waals surface area contributed by atoms with Gasteiger partial charge in [0.2, 0.25) is 0 Å². The molecule has 0 spiro atoms. The first-order chi connectivity index (χ1) is 9.84. The molecule has 1 aromatic carbocycles. The second-order valence-corrected chi connectivity index (χ2v) is 4.19. The molecule has 0 saturated carbocycles. The lowest BCUT2D eigenvalue weighted by Gasteiger charge is -2.11. The number of hydrogen-bond donors (Lipinski definition) is 1. The molecule has 0 amide bonds. The van der Waals surface area contributed by atoms with Crippen LogP contribution in [0, 0.1) is 0 Å². The van der Waals surface area contributed by atoms with Crippen LogP contribution in [0.15, 0.2) is 41.7 Å². The zero-order chi connectivity index (χ0) is 15.6. The fourth-order valence-corrected chi connectivity index (χ4v) is 1.92. The number of benzene rings is 1. The lowest BCUT2D eigenvalue weighted by molar-refractivity contribution is -0.137. The van der Waals surface area contributed by atoms with E-state index in [1.165, 1.54) is 6.07 Å². The Morgan fingerprint density at radius 1 is 1.33 bits per heavy atom. The van der Waals surface area contributed by atoms with E-state index in [2.05, 4.69) is 4.74 Å². The molecule has 0 unspecified atom stereocenters. The standard InChI is InChI=1S/C14H9F3O4/c15-14(16,17)9-3-1-2-8(6-9)10(4-5-18)12-11(19)7-21-13(12)20/h1-6,19H,7H2/b10-4-. The highest BCUT2D eigenvalue weighted by molar-refractivity contribution is 6.10. The Hall–Kier alpha value is -2.57. The van der Waals surface area contributed by atoms with Crippen molar-refractivity contribution in [1.29, 1.82) is 0 Å². The molecule has 0 fully saturated rings. The highest BCUT2D eigenvalue weighted by Crippen LogP contribution is 2.34. The van der Waals surface area contributed by atoms with E-state index >= 15 is 0 Å². The zero-order valence-corrected chi connectivity index (χ0v) is 10.5. The predicted molar refractivity (Wildman–Crippen MR) is 66.1 cm³/mol. The van der Waals surface area contributed by atoms with E-state index in [0.29, 0.717) is 6.29 Å². The van der Waals surface area contributed by atoms with Crippen LogP contribution in [0.3, 0.4) is 0 Å². The molecule has 2 rings (SSSR count). The molecule has 1 aliphatic heterocycles. The van der Waals surface area contributed by atoms with Gasteiger partial charge >= 0.3 is 12.1 Å². The second kappa shape index (κ2) is 5.43. The summed E-state index contributed by atoms with van der Waals surface area (Å²) in [5.74, 6) is -1.32. The molecule has 0 saturated heterocycles. The number of rotatable bonds is 3. The van der Waals surface area contributed by atoms with Gasteiger partial charge in [-0.2, -0.15) is 13.2 Å². The van der Waals surface area contributed by atoms with Gasteiger partial charge in [0.1, 0.15) is 24.2 Å². The highest BCUT2D eigenvalue weighted by atomic mass is 19.4. The van der Waals surface area contributed by atoms with Crippen LogP contribution in [-0.2, 0) is 20.5 Å². The molecule has 0 aliphatic carbocycles. The maximum Gasteiger partial charge on any atom is 0.416 e. The van der Waals surface area contributed by atoms with Crippen molar-refractivity contribution in [3.05, 3.63) is 52.8 Å². The smallest absolute Gasteiger partial charge is 0.416 e. The van der Waals surface area contributed by atoms with Crippen LogP contribution >= 0.6 is 0 Å². The number of carbonyl (C=O) groups is 2. The molecule has 0 aromatic heterocycles. The summed E-state index contributed by atoms with van der Waals surface area (Å²) in [6.07, 6.45) is -3.33. The fourth-order valence-electron chi connectivity index (χ4n) is 1.92. The summed E-state index contributed by atoms with van der Waals surface area (Å²) in [7, 11) is 0. The van der Waals surface area contributed by atoms with Crippen LogP contribution in [0.2, 0.25) is 0 Å². The van der Waals surface area contributed by atoms with Gasteiger partial charge in [0, 0.05) is 5.57 Å². The number of aliphatic hydroxyl groups excluding tert-OH is 1. The van der Waals surface area contributed by atoms with Crippen LogP contribution in [0.1, 0.15) is 11.1 Å². The van der Waals surface area contributed by atoms with Gasteiger partial charge in [-0.15, -0.1) is 0 Å². The van der Waals surface area contributed by atoms with Gasteiger partial charge < -0.3 is 9.84 Å². The summed E-state index contributed by atoms with van der Waals surface area (Å²) < 4.78 is 42.7. The zero-order valence-electron chi connectivity index (χ0n) is 10.5. The Morgan fingerprint density at radius 3 is 2.57 bits per heavy atom. The van der Waals surface area contributed by atoms with E-state index in [1.807, 2.05) is 0 Å². The van der Waals surface area contributed by atoms with Crippen LogP contribution in [-0.4, -0.2) is 24.0 Å². The van der Waals surface area contributed by atoms with Crippen molar-refractivity contribution in [3.8, 4) is 0 Å². The summed E-state index contributed by atoms with van der Waals surface area (Å²) in [5.41, 5.74) is -1.36. The summed E-state index contributed by atoms with van der Waals surface area (Å²) in [5, 5.41) is 9.60. The van der Waals surface area contributed by atoms with Gasteiger partial charge in [-0.05, 0) is 23.8 Å². The Balaban J connectivity index is 2.56. The van der Waals surface area contributed by atoms with Gasteiger partial charge in [0.15, 0.2) is 0 Å². The molecule has 1 N–H and O–H groups in total. The van der Waals surface area contributed by atoms with Crippen molar-refractivity contribution in [2.75, 3.05) is 6.61 Å². The first-order valence-corrected chi connectivity index (χ1v) is 5.77. The minimum absolute atomic E-state index is 0.0164. The molecular weight excluding hydrogens is 289 g/mol. The SMILES string of the molecule is O=C/C=C(\C1=C(O)COC1=O)c1cccc(C(F)(F)F)c1. The molecule has 1 heterocycles. The van der Waals surface area contributed by atoms with Crippen molar-refractivity contribution in [3.63, 3.8) is 0 Å². The Labute approximate surface area is 117 Å². The minimum atomic E-state index is -4.56. The first kappa shape index (κ1) is 14.8. The van der Waals surface area contributed by atoms with Crippen molar-refractivity contribution >= 4 is 17.8 Å². The van der Waals surface area contributed by atoms with Crippen LogP contribution in [0.5, 0.6) is 0 Å². The number of allylic oxidation sites excluding steroid dienone is 1. The molecule has 0 atom stereocenters. The monoisotopic (exact) mass is 298 g/mol. The summed E-state index contributed by atoms with van der Waals surface area (Å²) >= 11 is 0. The number of alkyl halides is 3. The van der Waals surface area contributed by atoms with Gasteiger partial charge in [-0.1, -0.05) is 12.1 Å². The maximum absolute atomic E-state index is 12.7. The third-order valence-corrected chi connectivity index (χ3v) is 2.84. The average Bonchev–Trinajstić information content (AvgIpc) is 2.75. The first-order valence-electron chi connectivity index (χ1n) is 5.77. The highest BCUT2D eigenvalue weighted by Gasteiger charge is 2.32. The molecule has 21 heavy (non-hydrogen) atoms. The average molecular weight is 298 g/mol. The summed E-state index contributed by atoms with van der Waals surface area (Å²) in [6, 6.07) is 4.11. The van der Waals surface area contributed by atoms with E-state index < -0.39 is 23.5 Å². The number of esters is 1. The Kier molecular flexibility index (Phi) is 3.84. The molecule has 1 aliphatic rings. The Morgan fingerprint density at radius 2 is 2.05 bits per heavy atom. The van der Waals surface area contributed by atoms with E-state index in [9.17, 15) is 27.9 Å². The number of ether oxygens (including phenoxy) is 1. The topological polar surface area (TPSA) is 63.6 Å². The number of cyclic esters (lactones) is 1. The number of carbonyl (C=O) groups excluding carboxylic acids is 2. The van der Waals surface area contributed by atoms with Crippen molar-refractivity contribution in [2.24, 2.45) is 0 Å². The van der Waals surface area contributed by atoms with Crippen LogP contribution in [0.25, 0.3) is 5.57 Å². The molecule has 4 nitrogen and oxygen atoms in total. The van der Waals surface area contributed by atoms with Crippen molar-refractivity contribution in [2.45, 2.75) is 6.18 Å². The van der Waals surface area contributed by atoms with Gasteiger partial charge in [0.25, 0.3) is 0 Å². The van der Waals surface area contributed by atoms with Crippen LogP contribution < -0.4 is 0 Å². The van der Waals surface area contributed by atoms with Crippen molar-refractivity contribution < 1.29 is 32.6 Å². The fraction of sp³-hybridized carbons (Fsp3) is 0.143. The van der Waals surface area contributed by atoms with E-state index in [0.717, 1.165) is 24.3 Å². The second-order valence-electron chi connectivity index (χ2n) is 4.19. The summed E-state index contributed by atoms with van der Waals surface area (Å²) in [4.78, 5) is 22.2. The molecule has 0 bridgehead atoms. The molecule has 0 radical (unpaired) electrons. The molecule has 110 valence electrons. The molecule has 7 heteroatoms. The van der Waals surface area contributed by atoms with E-state index in [4.69, 9.17) is 0 Å². The minimum Gasteiger partial charge on any atom is -0.508 e. The van der Waals surface area contributed by atoms with Gasteiger partial charge in [-0.25, -0.2) is 4.79 Å². The maximum atomic E-state index is 12.7. The number of halogens is 3. The normalized spacial score (nSPS) is 16.1. The Bertz CT molecular complexity index is 656. The molecule has 1 aromatic rings. The van der Waals surface area contributed by atoms with Gasteiger partial charge in [-0.3, -0.25) is 4.79 Å².